The summed E-state index contributed by atoms with van der Waals surface area (Å²) in [5.74, 6) is 0.597. The number of nitrogens with zero attached hydrogens (tertiary/aromatic N) is 5. The lowest BCUT2D eigenvalue weighted by Gasteiger charge is -2.07. The van der Waals surface area contributed by atoms with Crippen molar-refractivity contribution in [2.45, 2.75) is 6.42 Å². The summed E-state index contributed by atoms with van der Waals surface area (Å²) < 4.78 is 5.92. The number of nitriles is 1. The van der Waals surface area contributed by atoms with Crippen LogP contribution in [0.25, 0.3) is 22.3 Å². The summed E-state index contributed by atoms with van der Waals surface area (Å²) in [5.41, 5.74) is 3.24. The first-order valence-electron chi connectivity index (χ1n) is 8.07. The molecule has 0 saturated carbocycles. The Labute approximate surface area is 149 Å². The Kier molecular flexibility index (Phi) is 4.23. The third-order valence-electron chi connectivity index (χ3n) is 3.94. The van der Waals surface area contributed by atoms with Gasteiger partial charge in [0.1, 0.15) is 18.0 Å². The standard InChI is InChI=1S/C19H14N6O/c20-10-16-21-8-6-15(25-16)14-11-22-18-17(14)19(24-12-23-18)26-9-7-13-4-2-1-3-5-13/h1-6,8,11-12H,7,9H2,(H,22,23,24). The Hall–Kier alpha value is -3.79. The smallest absolute Gasteiger partial charge is 0.232 e. The predicted octanol–water partition coefficient (Wildman–Crippen LogP) is 2.91. The van der Waals surface area contributed by atoms with Gasteiger partial charge in [-0.3, -0.25) is 0 Å². The van der Waals surface area contributed by atoms with Crippen LogP contribution in [-0.4, -0.2) is 31.5 Å². The van der Waals surface area contributed by atoms with Gasteiger partial charge in [0.2, 0.25) is 11.7 Å². The fraction of sp³-hybridized carbons (Fsp3) is 0.105. The summed E-state index contributed by atoms with van der Waals surface area (Å²) in [6.45, 7) is 0.494. The van der Waals surface area contributed by atoms with E-state index in [0.717, 1.165) is 17.4 Å². The molecule has 126 valence electrons. The Balaban J connectivity index is 1.65. The SMILES string of the molecule is N#Cc1nccc(-c2c[nH]c3ncnc(OCCc4ccccc4)c23)n1. The van der Waals surface area contributed by atoms with Crippen LogP contribution in [0.5, 0.6) is 5.88 Å². The minimum Gasteiger partial charge on any atom is -0.477 e. The largest absolute Gasteiger partial charge is 0.477 e. The number of benzene rings is 1. The van der Waals surface area contributed by atoms with Crippen molar-refractivity contribution in [3.63, 3.8) is 0 Å². The fourth-order valence-corrected chi connectivity index (χ4v) is 2.72. The number of H-pyrrole nitrogens is 1. The van der Waals surface area contributed by atoms with E-state index < -0.39 is 0 Å². The summed E-state index contributed by atoms with van der Waals surface area (Å²) in [7, 11) is 0. The van der Waals surface area contributed by atoms with Crippen LogP contribution in [0.4, 0.5) is 0 Å². The van der Waals surface area contributed by atoms with E-state index in [9.17, 15) is 0 Å². The Morgan fingerprint density at radius 3 is 2.81 bits per heavy atom. The number of aromatic nitrogens is 5. The molecule has 0 aliphatic carbocycles. The van der Waals surface area contributed by atoms with Gasteiger partial charge in [0, 0.05) is 24.4 Å². The van der Waals surface area contributed by atoms with Crippen LogP contribution in [-0.2, 0) is 6.42 Å². The zero-order valence-corrected chi connectivity index (χ0v) is 13.8. The van der Waals surface area contributed by atoms with Gasteiger partial charge in [-0.1, -0.05) is 30.3 Å². The molecule has 0 atom stereocenters. The summed E-state index contributed by atoms with van der Waals surface area (Å²) in [6.07, 6.45) is 5.58. The number of fused-ring (bicyclic) bond motifs is 1. The van der Waals surface area contributed by atoms with Crippen molar-refractivity contribution in [1.82, 2.24) is 24.9 Å². The van der Waals surface area contributed by atoms with Gasteiger partial charge in [-0.05, 0) is 11.6 Å². The molecule has 0 radical (unpaired) electrons. The summed E-state index contributed by atoms with van der Waals surface area (Å²) in [4.78, 5) is 19.8. The van der Waals surface area contributed by atoms with Gasteiger partial charge in [0.05, 0.1) is 17.7 Å². The number of aromatic amines is 1. The van der Waals surface area contributed by atoms with Crippen LogP contribution >= 0.6 is 0 Å². The maximum absolute atomic E-state index is 9.02. The molecular weight excluding hydrogens is 328 g/mol. The van der Waals surface area contributed by atoms with Gasteiger partial charge in [0.25, 0.3) is 0 Å². The number of nitrogens with one attached hydrogen (secondary N) is 1. The zero-order valence-electron chi connectivity index (χ0n) is 13.8. The molecule has 1 N–H and O–H groups in total. The fourth-order valence-electron chi connectivity index (χ4n) is 2.72. The number of hydrogen-bond acceptors (Lipinski definition) is 6. The van der Waals surface area contributed by atoms with E-state index >= 15 is 0 Å². The van der Waals surface area contributed by atoms with Crippen molar-refractivity contribution in [1.29, 1.82) is 5.26 Å². The molecule has 7 nitrogen and oxygen atoms in total. The van der Waals surface area contributed by atoms with E-state index in [1.807, 2.05) is 24.3 Å². The highest BCUT2D eigenvalue weighted by atomic mass is 16.5. The molecule has 0 unspecified atom stereocenters. The molecule has 0 bridgehead atoms. The molecule has 1 aromatic carbocycles. The molecule has 0 aliphatic heterocycles. The van der Waals surface area contributed by atoms with E-state index in [4.69, 9.17) is 10.00 Å². The average Bonchev–Trinajstić information content (AvgIpc) is 3.14. The van der Waals surface area contributed by atoms with Crippen molar-refractivity contribution < 1.29 is 4.74 Å². The molecular formula is C19H14N6O. The molecule has 4 aromatic rings. The first-order chi connectivity index (χ1) is 12.8. The molecule has 26 heavy (non-hydrogen) atoms. The van der Waals surface area contributed by atoms with Crippen LogP contribution in [0, 0.1) is 11.3 Å². The van der Waals surface area contributed by atoms with Crippen LogP contribution < -0.4 is 4.74 Å². The second kappa shape index (κ2) is 6.99. The van der Waals surface area contributed by atoms with E-state index in [1.54, 1.807) is 18.5 Å². The van der Waals surface area contributed by atoms with Crippen LogP contribution in [0.2, 0.25) is 0 Å². The van der Waals surface area contributed by atoms with Crippen molar-refractivity contribution >= 4 is 11.0 Å². The van der Waals surface area contributed by atoms with Gasteiger partial charge in [-0.15, -0.1) is 0 Å². The molecule has 0 aliphatic rings. The number of hydrogen-bond donors (Lipinski definition) is 1. The minimum absolute atomic E-state index is 0.111. The third kappa shape index (κ3) is 3.08. The van der Waals surface area contributed by atoms with E-state index in [2.05, 4.69) is 37.1 Å². The second-order valence-corrected chi connectivity index (χ2v) is 5.57. The average molecular weight is 342 g/mol. The van der Waals surface area contributed by atoms with Gasteiger partial charge in [-0.2, -0.15) is 5.26 Å². The maximum Gasteiger partial charge on any atom is 0.232 e. The van der Waals surface area contributed by atoms with Crippen molar-refractivity contribution in [3.05, 3.63) is 66.5 Å². The molecule has 0 saturated heterocycles. The third-order valence-corrected chi connectivity index (χ3v) is 3.94. The predicted molar refractivity (Wildman–Crippen MR) is 95.3 cm³/mol. The highest BCUT2D eigenvalue weighted by Crippen LogP contribution is 2.31. The van der Waals surface area contributed by atoms with Gasteiger partial charge in [0.15, 0.2) is 0 Å². The summed E-state index contributed by atoms with van der Waals surface area (Å²) in [5, 5.41) is 9.76. The van der Waals surface area contributed by atoms with Gasteiger partial charge >= 0.3 is 0 Å². The van der Waals surface area contributed by atoms with E-state index in [1.165, 1.54) is 11.9 Å². The molecule has 0 amide bonds. The lowest BCUT2D eigenvalue weighted by Crippen LogP contribution is -2.03. The highest BCUT2D eigenvalue weighted by Gasteiger charge is 2.15. The zero-order chi connectivity index (χ0) is 17.8. The Bertz CT molecular complexity index is 1080. The van der Waals surface area contributed by atoms with E-state index in [-0.39, 0.29) is 5.82 Å². The normalized spacial score (nSPS) is 10.6. The van der Waals surface area contributed by atoms with Crippen molar-refractivity contribution in [3.8, 4) is 23.2 Å². The van der Waals surface area contributed by atoms with Crippen LogP contribution in [0.1, 0.15) is 11.4 Å². The lowest BCUT2D eigenvalue weighted by molar-refractivity contribution is 0.313. The monoisotopic (exact) mass is 342 g/mol. The van der Waals surface area contributed by atoms with Crippen LogP contribution in [0.15, 0.2) is 55.1 Å². The van der Waals surface area contributed by atoms with Crippen molar-refractivity contribution in [2.24, 2.45) is 0 Å². The first-order valence-corrected chi connectivity index (χ1v) is 8.07. The lowest BCUT2D eigenvalue weighted by atomic mass is 10.1. The number of rotatable bonds is 5. The van der Waals surface area contributed by atoms with Crippen LogP contribution in [0.3, 0.4) is 0 Å². The van der Waals surface area contributed by atoms with Gasteiger partial charge < -0.3 is 9.72 Å². The number of ether oxygens (including phenoxy) is 1. The maximum atomic E-state index is 9.02. The molecule has 4 rings (SSSR count). The first kappa shape index (κ1) is 15.7. The summed E-state index contributed by atoms with van der Waals surface area (Å²) in [6, 6.07) is 13.8. The highest BCUT2D eigenvalue weighted by molar-refractivity contribution is 5.96. The minimum atomic E-state index is 0.111. The second-order valence-electron chi connectivity index (χ2n) is 5.57. The topological polar surface area (TPSA) is 100 Å². The summed E-state index contributed by atoms with van der Waals surface area (Å²) >= 11 is 0. The van der Waals surface area contributed by atoms with Crippen molar-refractivity contribution in [2.75, 3.05) is 6.61 Å². The molecule has 7 heteroatoms. The molecule has 3 heterocycles. The quantitative estimate of drug-likeness (QED) is 0.598. The Morgan fingerprint density at radius 1 is 1.08 bits per heavy atom. The van der Waals surface area contributed by atoms with Gasteiger partial charge in [-0.25, -0.2) is 19.9 Å². The molecule has 3 aromatic heterocycles. The molecule has 0 spiro atoms. The Morgan fingerprint density at radius 2 is 1.96 bits per heavy atom. The van der Waals surface area contributed by atoms with E-state index in [0.29, 0.717) is 23.8 Å². The molecule has 0 fully saturated rings.